The standard InChI is InChI=1S/C24H22N4O4S/c1-14-19-23(32-3)27-18(13-31-2)28-24(19)33-20(14)22(30)26-17-11-7-10-16(12-17)25-21(29)15-8-5-4-6-9-15/h4-12H,13H2,1-3H3,(H,25,29)(H,26,30). The summed E-state index contributed by atoms with van der Waals surface area (Å²) in [6, 6.07) is 15.9. The van der Waals surface area contributed by atoms with Gasteiger partial charge in [-0.1, -0.05) is 24.3 Å². The Bertz CT molecular complexity index is 1320. The number of nitrogens with one attached hydrogen (secondary N) is 2. The maximum absolute atomic E-state index is 13.1. The predicted octanol–water partition coefficient (Wildman–Crippen LogP) is 4.66. The monoisotopic (exact) mass is 462 g/mol. The topological polar surface area (TPSA) is 102 Å². The first-order valence-corrected chi connectivity index (χ1v) is 10.9. The van der Waals surface area contributed by atoms with Crippen LogP contribution < -0.4 is 15.4 Å². The molecule has 0 saturated heterocycles. The van der Waals surface area contributed by atoms with Gasteiger partial charge in [-0.3, -0.25) is 9.59 Å². The van der Waals surface area contributed by atoms with Gasteiger partial charge >= 0.3 is 0 Å². The summed E-state index contributed by atoms with van der Waals surface area (Å²) in [4.78, 5) is 35.5. The number of benzene rings is 2. The Kier molecular flexibility index (Phi) is 6.62. The molecule has 0 bridgehead atoms. The van der Waals surface area contributed by atoms with Crippen LogP contribution in [0.15, 0.2) is 54.6 Å². The summed E-state index contributed by atoms with van der Waals surface area (Å²) in [5.74, 6) is 0.386. The summed E-state index contributed by atoms with van der Waals surface area (Å²) in [6.45, 7) is 2.08. The second kappa shape index (κ2) is 9.76. The molecule has 2 aromatic heterocycles. The van der Waals surface area contributed by atoms with Crippen molar-refractivity contribution in [3.8, 4) is 5.88 Å². The van der Waals surface area contributed by atoms with E-state index in [1.807, 2.05) is 13.0 Å². The molecule has 0 unspecified atom stereocenters. The molecular weight excluding hydrogens is 440 g/mol. The SMILES string of the molecule is COCc1nc(OC)c2c(C)c(C(=O)Nc3cccc(NC(=O)c4ccccc4)c3)sc2n1. The molecule has 0 atom stereocenters. The molecule has 0 fully saturated rings. The Labute approximate surface area is 194 Å². The maximum atomic E-state index is 13.1. The van der Waals surface area contributed by atoms with Crippen LogP contribution >= 0.6 is 11.3 Å². The van der Waals surface area contributed by atoms with E-state index >= 15 is 0 Å². The van der Waals surface area contributed by atoms with Crippen molar-refractivity contribution < 1.29 is 19.1 Å². The molecule has 9 heteroatoms. The number of hydrogen-bond donors (Lipinski definition) is 2. The van der Waals surface area contributed by atoms with Crippen molar-refractivity contribution in [2.24, 2.45) is 0 Å². The van der Waals surface area contributed by atoms with Gasteiger partial charge in [-0.15, -0.1) is 11.3 Å². The highest BCUT2D eigenvalue weighted by atomic mass is 32.1. The molecule has 2 N–H and O–H groups in total. The van der Waals surface area contributed by atoms with Crippen molar-refractivity contribution in [1.82, 2.24) is 9.97 Å². The van der Waals surface area contributed by atoms with Crippen LogP contribution in [0.25, 0.3) is 10.2 Å². The van der Waals surface area contributed by atoms with Crippen molar-refractivity contribution in [2.75, 3.05) is 24.9 Å². The molecule has 2 heterocycles. The van der Waals surface area contributed by atoms with Gasteiger partial charge < -0.3 is 20.1 Å². The van der Waals surface area contributed by atoms with E-state index in [1.54, 1.807) is 55.6 Å². The second-order valence-corrected chi connectivity index (χ2v) is 8.17. The summed E-state index contributed by atoms with van der Waals surface area (Å²) >= 11 is 1.26. The van der Waals surface area contributed by atoms with Crippen molar-refractivity contribution in [1.29, 1.82) is 0 Å². The third-order valence-corrected chi connectivity index (χ3v) is 6.08. The summed E-state index contributed by atoms with van der Waals surface area (Å²) in [7, 11) is 3.10. The fourth-order valence-electron chi connectivity index (χ4n) is 3.36. The number of fused-ring (bicyclic) bond motifs is 1. The Morgan fingerprint density at radius 2 is 1.64 bits per heavy atom. The number of carbonyl (C=O) groups is 2. The van der Waals surface area contributed by atoms with Gasteiger partial charge in [0.2, 0.25) is 5.88 Å². The molecule has 33 heavy (non-hydrogen) atoms. The minimum Gasteiger partial charge on any atom is -0.480 e. The molecule has 0 radical (unpaired) electrons. The van der Waals surface area contributed by atoms with Gasteiger partial charge in [0.15, 0.2) is 5.82 Å². The molecule has 0 aliphatic rings. The minimum absolute atomic E-state index is 0.225. The van der Waals surface area contributed by atoms with Crippen molar-refractivity contribution >= 4 is 44.7 Å². The normalized spacial score (nSPS) is 10.8. The molecule has 4 rings (SSSR count). The molecule has 4 aromatic rings. The minimum atomic E-state index is -0.280. The molecule has 8 nitrogen and oxygen atoms in total. The van der Waals surface area contributed by atoms with E-state index < -0.39 is 0 Å². The third kappa shape index (κ3) is 4.84. The van der Waals surface area contributed by atoms with Crippen molar-refractivity contribution in [3.05, 3.63) is 76.4 Å². The molecule has 0 aliphatic heterocycles. The van der Waals surface area contributed by atoms with Gasteiger partial charge in [-0.05, 0) is 42.8 Å². The van der Waals surface area contributed by atoms with Gasteiger partial charge in [0, 0.05) is 24.0 Å². The average molecular weight is 463 g/mol. The van der Waals surface area contributed by atoms with Crippen molar-refractivity contribution in [3.63, 3.8) is 0 Å². The zero-order valence-electron chi connectivity index (χ0n) is 18.3. The van der Waals surface area contributed by atoms with Crippen LogP contribution in [0.1, 0.15) is 31.4 Å². The van der Waals surface area contributed by atoms with E-state index in [0.717, 1.165) is 5.56 Å². The Hall–Kier alpha value is -3.82. The fraction of sp³-hybridized carbons (Fsp3) is 0.167. The third-order valence-electron chi connectivity index (χ3n) is 4.89. The van der Waals surface area contributed by atoms with Crippen LogP contribution in [0.5, 0.6) is 5.88 Å². The van der Waals surface area contributed by atoms with E-state index in [4.69, 9.17) is 9.47 Å². The predicted molar refractivity (Wildman–Crippen MR) is 128 cm³/mol. The van der Waals surface area contributed by atoms with Gasteiger partial charge in [-0.25, -0.2) is 4.98 Å². The molecular formula is C24H22N4O4S. The molecule has 0 saturated carbocycles. The molecule has 0 aliphatic carbocycles. The van der Waals surface area contributed by atoms with Crippen LogP contribution in [0.2, 0.25) is 0 Å². The van der Waals surface area contributed by atoms with Crippen LogP contribution in [-0.4, -0.2) is 36.0 Å². The second-order valence-electron chi connectivity index (χ2n) is 7.17. The number of carbonyl (C=O) groups excluding carboxylic acids is 2. The smallest absolute Gasteiger partial charge is 0.266 e. The van der Waals surface area contributed by atoms with E-state index in [0.29, 0.717) is 43.7 Å². The number of aromatic nitrogens is 2. The molecule has 168 valence electrons. The molecule has 0 spiro atoms. The van der Waals surface area contributed by atoms with E-state index in [2.05, 4.69) is 20.6 Å². The highest BCUT2D eigenvalue weighted by Crippen LogP contribution is 2.35. The van der Waals surface area contributed by atoms with Gasteiger partial charge in [0.1, 0.15) is 11.4 Å². The number of hydrogen-bond acceptors (Lipinski definition) is 7. The Morgan fingerprint density at radius 3 is 2.30 bits per heavy atom. The number of rotatable bonds is 7. The van der Waals surface area contributed by atoms with Crippen molar-refractivity contribution in [2.45, 2.75) is 13.5 Å². The first-order chi connectivity index (χ1) is 16.0. The first kappa shape index (κ1) is 22.4. The molecule has 2 aromatic carbocycles. The summed E-state index contributed by atoms with van der Waals surface area (Å²) < 4.78 is 10.5. The Balaban J connectivity index is 1.56. The fourth-order valence-corrected chi connectivity index (χ4v) is 4.44. The number of anilines is 2. The Morgan fingerprint density at radius 1 is 0.939 bits per heavy atom. The number of methoxy groups -OCH3 is 2. The van der Waals surface area contributed by atoms with Crippen LogP contribution in [0, 0.1) is 6.92 Å². The zero-order valence-corrected chi connectivity index (χ0v) is 19.2. The molecule has 2 amide bonds. The lowest BCUT2D eigenvalue weighted by Crippen LogP contribution is -2.13. The van der Waals surface area contributed by atoms with Gasteiger partial charge in [0.05, 0.1) is 17.4 Å². The number of aryl methyl sites for hydroxylation is 1. The van der Waals surface area contributed by atoms with Crippen LogP contribution in [0.4, 0.5) is 11.4 Å². The highest BCUT2D eigenvalue weighted by molar-refractivity contribution is 7.20. The maximum Gasteiger partial charge on any atom is 0.266 e. The number of nitrogens with zero attached hydrogens (tertiary/aromatic N) is 2. The first-order valence-electron chi connectivity index (χ1n) is 10.1. The number of amides is 2. The number of ether oxygens (including phenoxy) is 2. The van der Waals surface area contributed by atoms with E-state index in [9.17, 15) is 9.59 Å². The number of thiophene rings is 1. The summed E-state index contributed by atoms with van der Waals surface area (Å²) in [5, 5.41) is 6.45. The zero-order chi connectivity index (χ0) is 23.4. The summed E-state index contributed by atoms with van der Waals surface area (Å²) in [5.41, 5.74) is 2.42. The van der Waals surface area contributed by atoms with Gasteiger partial charge in [-0.2, -0.15) is 4.98 Å². The lowest BCUT2D eigenvalue weighted by Gasteiger charge is -2.09. The lowest BCUT2D eigenvalue weighted by atomic mass is 10.2. The quantitative estimate of drug-likeness (QED) is 0.414. The lowest BCUT2D eigenvalue weighted by molar-refractivity contribution is 0.102. The van der Waals surface area contributed by atoms with Crippen LogP contribution in [0.3, 0.4) is 0 Å². The van der Waals surface area contributed by atoms with Crippen LogP contribution in [-0.2, 0) is 11.3 Å². The van der Waals surface area contributed by atoms with Gasteiger partial charge in [0.25, 0.3) is 11.8 Å². The highest BCUT2D eigenvalue weighted by Gasteiger charge is 2.21. The van der Waals surface area contributed by atoms with E-state index in [-0.39, 0.29) is 18.4 Å². The summed E-state index contributed by atoms with van der Waals surface area (Å²) in [6.07, 6.45) is 0. The van der Waals surface area contributed by atoms with E-state index in [1.165, 1.54) is 18.4 Å². The largest absolute Gasteiger partial charge is 0.480 e. The average Bonchev–Trinajstić information content (AvgIpc) is 3.16.